The van der Waals surface area contributed by atoms with Crippen LogP contribution >= 0.6 is 7.60 Å². The van der Waals surface area contributed by atoms with Crippen molar-refractivity contribution in [1.82, 2.24) is 0 Å². The minimum atomic E-state index is -3.91. The molecule has 26 heavy (non-hydrogen) atoms. The molecule has 134 valence electrons. The molecule has 2 N–H and O–H groups in total. The molecule has 0 aliphatic carbocycles. The summed E-state index contributed by atoms with van der Waals surface area (Å²) in [6, 6.07) is 22.6. The van der Waals surface area contributed by atoms with Crippen LogP contribution in [0.25, 0.3) is 0 Å². The van der Waals surface area contributed by atoms with E-state index in [1.54, 1.807) is 54.6 Å². The van der Waals surface area contributed by atoms with Gasteiger partial charge in [0.2, 0.25) is 0 Å². The van der Waals surface area contributed by atoms with Crippen molar-refractivity contribution < 1.29 is 19.1 Å². The fraction of sp³-hybridized carbons (Fsp3) is 0.143. The maximum absolute atomic E-state index is 12.4. The molecule has 0 saturated heterocycles. The molecule has 5 heteroatoms. The van der Waals surface area contributed by atoms with Gasteiger partial charge in [0.25, 0.3) is 0 Å². The standard InChI is InChI=1S/C21H21O4P/c1-21(2,16-8-12-18(22)13-9-16)17-10-14-19(15-11-17)25-26(23,24)20-6-4-3-5-7-20/h3-15,22H,1-2H3,(H,23,24). The van der Waals surface area contributed by atoms with Crippen LogP contribution in [0.2, 0.25) is 0 Å². The van der Waals surface area contributed by atoms with Crippen LogP contribution in [-0.2, 0) is 9.98 Å². The smallest absolute Gasteiger partial charge is 0.408 e. The van der Waals surface area contributed by atoms with E-state index in [2.05, 4.69) is 13.8 Å². The first-order valence-corrected chi connectivity index (χ1v) is 9.85. The molecule has 0 fully saturated rings. The molecule has 0 aromatic heterocycles. The second kappa shape index (κ2) is 6.99. The summed E-state index contributed by atoms with van der Waals surface area (Å²) in [5, 5.41) is 9.72. The monoisotopic (exact) mass is 368 g/mol. The summed E-state index contributed by atoms with van der Waals surface area (Å²) in [4.78, 5) is 10.2. The fourth-order valence-electron chi connectivity index (χ4n) is 2.79. The van der Waals surface area contributed by atoms with E-state index < -0.39 is 7.60 Å². The topological polar surface area (TPSA) is 66.8 Å². The maximum Gasteiger partial charge on any atom is 0.408 e. The zero-order valence-electron chi connectivity index (χ0n) is 14.7. The third-order valence-corrected chi connectivity index (χ3v) is 5.89. The number of phenolic OH excluding ortho intramolecular Hbond substituents is 1. The Morgan fingerprint density at radius 3 is 1.85 bits per heavy atom. The van der Waals surface area contributed by atoms with Crippen molar-refractivity contribution in [3.05, 3.63) is 90.0 Å². The molecule has 4 nitrogen and oxygen atoms in total. The normalized spacial score (nSPS) is 13.8. The molecule has 0 heterocycles. The predicted octanol–water partition coefficient (Wildman–Crippen LogP) is 4.61. The van der Waals surface area contributed by atoms with Crippen LogP contribution in [-0.4, -0.2) is 10.00 Å². The summed E-state index contributed by atoms with van der Waals surface area (Å²) in [5.74, 6) is 0.567. The van der Waals surface area contributed by atoms with Gasteiger partial charge in [0.15, 0.2) is 0 Å². The molecule has 0 saturated carbocycles. The first-order valence-electron chi connectivity index (χ1n) is 8.27. The molecule has 0 bridgehead atoms. The number of aromatic hydroxyl groups is 1. The van der Waals surface area contributed by atoms with Crippen molar-refractivity contribution >= 4 is 12.9 Å². The van der Waals surface area contributed by atoms with Crippen molar-refractivity contribution in [2.45, 2.75) is 19.3 Å². The van der Waals surface area contributed by atoms with Crippen molar-refractivity contribution in [2.24, 2.45) is 0 Å². The maximum atomic E-state index is 12.4. The average Bonchev–Trinajstić information content (AvgIpc) is 2.63. The van der Waals surface area contributed by atoms with Crippen molar-refractivity contribution in [1.29, 1.82) is 0 Å². The molecule has 0 aliphatic rings. The van der Waals surface area contributed by atoms with Gasteiger partial charge in [-0.05, 0) is 47.5 Å². The number of hydrogen-bond acceptors (Lipinski definition) is 3. The Bertz CT molecular complexity index is 916. The number of hydrogen-bond donors (Lipinski definition) is 2. The molecule has 0 spiro atoms. The van der Waals surface area contributed by atoms with E-state index in [4.69, 9.17) is 4.52 Å². The van der Waals surface area contributed by atoms with Gasteiger partial charge in [0.1, 0.15) is 11.5 Å². The third kappa shape index (κ3) is 3.82. The summed E-state index contributed by atoms with van der Waals surface area (Å²) in [7, 11) is -3.91. The lowest BCUT2D eigenvalue weighted by atomic mass is 9.78. The molecule has 3 aromatic carbocycles. The predicted molar refractivity (Wildman–Crippen MR) is 103 cm³/mol. The summed E-state index contributed by atoms with van der Waals surface area (Å²) < 4.78 is 17.8. The van der Waals surface area contributed by atoms with Gasteiger partial charge in [-0.1, -0.05) is 56.3 Å². The first-order chi connectivity index (χ1) is 12.3. The van der Waals surface area contributed by atoms with E-state index in [1.807, 2.05) is 24.3 Å². The van der Waals surface area contributed by atoms with Crippen LogP contribution < -0.4 is 9.83 Å². The lowest BCUT2D eigenvalue weighted by Gasteiger charge is -2.26. The molecule has 0 amide bonds. The second-order valence-corrected chi connectivity index (χ2v) is 8.38. The van der Waals surface area contributed by atoms with Gasteiger partial charge in [-0.2, -0.15) is 0 Å². The van der Waals surface area contributed by atoms with Gasteiger partial charge in [0, 0.05) is 5.41 Å². The SMILES string of the molecule is CC(C)(c1ccc(O)cc1)c1ccc(OP(=O)(O)c2ccccc2)cc1. The Morgan fingerprint density at radius 1 is 0.808 bits per heavy atom. The minimum Gasteiger partial charge on any atom is -0.508 e. The molecule has 1 unspecified atom stereocenters. The van der Waals surface area contributed by atoms with Gasteiger partial charge in [-0.3, -0.25) is 0 Å². The van der Waals surface area contributed by atoms with Gasteiger partial charge in [-0.25, -0.2) is 4.57 Å². The van der Waals surface area contributed by atoms with Crippen molar-refractivity contribution in [3.8, 4) is 11.5 Å². The summed E-state index contributed by atoms with van der Waals surface area (Å²) in [5.41, 5.74) is 1.80. The Hall–Kier alpha value is -2.55. The summed E-state index contributed by atoms with van der Waals surface area (Å²) in [6.07, 6.45) is 0. The van der Waals surface area contributed by atoms with Gasteiger partial charge < -0.3 is 14.5 Å². The Balaban J connectivity index is 1.82. The van der Waals surface area contributed by atoms with Crippen LogP contribution in [0.3, 0.4) is 0 Å². The van der Waals surface area contributed by atoms with Crippen LogP contribution in [0.1, 0.15) is 25.0 Å². The largest absolute Gasteiger partial charge is 0.508 e. The van der Waals surface area contributed by atoms with Crippen molar-refractivity contribution in [2.75, 3.05) is 0 Å². The Kier molecular flexibility index (Phi) is 4.90. The van der Waals surface area contributed by atoms with E-state index in [0.717, 1.165) is 11.1 Å². The number of rotatable bonds is 5. The zero-order valence-corrected chi connectivity index (χ0v) is 15.6. The Morgan fingerprint density at radius 2 is 1.31 bits per heavy atom. The molecular weight excluding hydrogens is 347 g/mol. The number of phenols is 1. The van der Waals surface area contributed by atoms with Crippen LogP contribution in [0.15, 0.2) is 78.9 Å². The lowest BCUT2D eigenvalue weighted by Crippen LogP contribution is -2.18. The first kappa shape index (κ1) is 18.2. The van der Waals surface area contributed by atoms with E-state index >= 15 is 0 Å². The van der Waals surface area contributed by atoms with Gasteiger partial charge >= 0.3 is 7.60 Å². The highest BCUT2D eigenvalue weighted by Crippen LogP contribution is 2.42. The van der Waals surface area contributed by atoms with E-state index in [9.17, 15) is 14.6 Å². The fourth-order valence-corrected chi connectivity index (χ4v) is 3.85. The summed E-state index contributed by atoms with van der Waals surface area (Å²) in [6.45, 7) is 4.16. The molecule has 0 radical (unpaired) electrons. The summed E-state index contributed by atoms with van der Waals surface area (Å²) >= 11 is 0. The Labute approximate surface area is 153 Å². The zero-order chi connectivity index (χ0) is 18.8. The van der Waals surface area contributed by atoms with Gasteiger partial charge in [0.05, 0.1) is 5.30 Å². The minimum absolute atomic E-state index is 0.230. The average molecular weight is 368 g/mol. The number of benzene rings is 3. The molecule has 1 atom stereocenters. The highest BCUT2D eigenvalue weighted by Gasteiger charge is 2.26. The third-order valence-electron chi connectivity index (χ3n) is 4.48. The molecule has 0 aliphatic heterocycles. The van der Waals surface area contributed by atoms with Crippen LogP contribution in [0.4, 0.5) is 0 Å². The molecule has 3 rings (SSSR count). The van der Waals surface area contributed by atoms with E-state index in [1.165, 1.54) is 0 Å². The van der Waals surface area contributed by atoms with Crippen molar-refractivity contribution in [3.63, 3.8) is 0 Å². The second-order valence-electron chi connectivity index (χ2n) is 6.64. The van der Waals surface area contributed by atoms with Crippen LogP contribution in [0.5, 0.6) is 11.5 Å². The highest BCUT2D eigenvalue weighted by atomic mass is 31.2. The lowest BCUT2D eigenvalue weighted by molar-refractivity contribution is 0.393. The quantitative estimate of drug-likeness (QED) is 0.646. The van der Waals surface area contributed by atoms with Crippen LogP contribution in [0, 0.1) is 0 Å². The highest BCUT2D eigenvalue weighted by molar-refractivity contribution is 7.61. The van der Waals surface area contributed by atoms with E-state index in [0.29, 0.717) is 5.75 Å². The van der Waals surface area contributed by atoms with Gasteiger partial charge in [-0.15, -0.1) is 0 Å². The van der Waals surface area contributed by atoms with E-state index in [-0.39, 0.29) is 16.5 Å². The molecule has 3 aromatic rings. The molecular formula is C21H21O4P.